The molecule has 0 aliphatic carbocycles. The van der Waals surface area contributed by atoms with Gasteiger partial charge in [0.15, 0.2) is 11.5 Å². The van der Waals surface area contributed by atoms with Gasteiger partial charge in [0.1, 0.15) is 12.4 Å². The Hall–Kier alpha value is -3.42. The molecule has 0 fully saturated rings. The van der Waals surface area contributed by atoms with Crippen molar-refractivity contribution < 1.29 is 18.3 Å². The summed E-state index contributed by atoms with van der Waals surface area (Å²) in [6, 6.07) is 12.7. The van der Waals surface area contributed by atoms with Crippen LogP contribution in [0.15, 0.2) is 54.9 Å². The normalized spacial score (nSPS) is 15.5. The summed E-state index contributed by atoms with van der Waals surface area (Å²) in [5.41, 5.74) is 3.87. The van der Waals surface area contributed by atoms with Gasteiger partial charge < -0.3 is 14.8 Å². The summed E-state index contributed by atoms with van der Waals surface area (Å²) in [7, 11) is 0. The minimum atomic E-state index is -2.92. The Balaban J connectivity index is 1.77. The van der Waals surface area contributed by atoms with Gasteiger partial charge in [-0.2, -0.15) is 18.9 Å². The van der Waals surface area contributed by atoms with Crippen LogP contribution in [0.4, 0.5) is 14.7 Å². The van der Waals surface area contributed by atoms with Gasteiger partial charge in [0.25, 0.3) is 0 Å². The lowest BCUT2D eigenvalue weighted by atomic mass is 10.0. The van der Waals surface area contributed by atoms with Crippen LogP contribution in [0.25, 0.3) is 5.70 Å². The van der Waals surface area contributed by atoms with Crippen molar-refractivity contribution in [2.75, 3.05) is 11.9 Å². The van der Waals surface area contributed by atoms with E-state index in [9.17, 15) is 8.78 Å². The average Bonchev–Trinajstić information content (AvgIpc) is 3.17. The zero-order chi connectivity index (χ0) is 20.4. The SMILES string of the molecule is CCOc1cc([C@H]2C=C(c3cccc(C)c3)Nc3ncnn32)ccc1OC(F)F. The Kier molecular flexibility index (Phi) is 5.16. The van der Waals surface area contributed by atoms with Crippen molar-refractivity contribution >= 4 is 11.6 Å². The molecule has 6 nitrogen and oxygen atoms in total. The van der Waals surface area contributed by atoms with E-state index in [-0.39, 0.29) is 17.5 Å². The fourth-order valence-corrected chi connectivity index (χ4v) is 3.32. The van der Waals surface area contributed by atoms with Crippen molar-refractivity contribution in [2.45, 2.75) is 26.5 Å². The minimum absolute atomic E-state index is 0.00114. The number of benzene rings is 2. The van der Waals surface area contributed by atoms with Crippen LogP contribution in [0.5, 0.6) is 11.5 Å². The van der Waals surface area contributed by atoms with Crippen molar-refractivity contribution in [1.29, 1.82) is 0 Å². The molecule has 1 aromatic heterocycles. The summed E-state index contributed by atoms with van der Waals surface area (Å²) in [4.78, 5) is 4.29. The van der Waals surface area contributed by atoms with Crippen LogP contribution in [0.1, 0.15) is 29.7 Å². The summed E-state index contributed by atoms with van der Waals surface area (Å²) in [6.07, 6.45) is 3.50. The van der Waals surface area contributed by atoms with Crippen LogP contribution < -0.4 is 14.8 Å². The Labute approximate surface area is 166 Å². The van der Waals surface area contributed by atoms with E-state index in [0.29, 0.717) is 12.6 Å². The molecule has 1 N–H and O–H groups in total. The van der Waals surface area contributed by atoms with Crippen LogP contribution in [-0.4, -0.2) is 28.0 Å². The number of halogens is 2. The maximum absolute atomic E-state index is 12.7. The first-order chi connectivity index (χ1) is 14.0. The molecule has 0 amide bonds. The van der Waals surface area contributed by atoms with Crippen molar-refractivity contribution in [3.05, 3.63) is 71.6 Å². The van der Waals surface area contributed by atoms with Gasteiger partial charge in [-0.05, 0) is 49.2 Å². The first-order valence-electron chi connectivity index (χ1n) is 9.22. The monoisotopic (exact) mass is 398 g/mol. The third kappa shape index (κ3) is 3.91. The lowest BCUT2D eigenvalue weighted by Crippen LogP contribution is -2.20. The van der Waals surface area contributed by atoms with E-state index in [1.54, 1.807) is 23.7 Å². The number of aryl methyl sites for hydroxylation is 1. The number of rotatable bonds is 6. The summed E-state index contributed by atoms with van der Waals surface area (Å²) in [6.45, 7) is 1.22. The summed E-state index contributed by atoms with van der Waals surface area (Å²) in [5.74, 6) is 0.858. The number of aromatic nitrogens is 3. The highest BCUT2D eigenvalue weighted by Crippen LogP contribution is 2.37. The lowest BCUT2D eigenvalue weighted by Gasteiger charge is -2.25. The zero-order valence-corrected chi connectivity index (χ0v) is 16.0. The predicted molar refractivity (Wildman–Crippen MR) is 105 cm³/mol. The van der Waals surface area contributed by atoms with E-state index >= 15 is 0 Å². The zero-order valence-electron chi connectivity index (χ0n) is 16.0. The topological polar surface area (TPSA) is 61.2 Å². The van der Waals surface area contributed by atoms with Gasteiger partial charge >= 0.3 is 6.61 Å². The molecule has 3 aromatic rings. The third-order valence-corrected chi connectivity index (χ3v) is 4.56. The van der Waals surface area contributed by atoms with Gasteiger partial charge in [0.05, 0.1) is 6.61 Å². The van der Waals surface area contributed by atoms with E-state index in [0.717, 1.165) is 22.4 Å². The minimum Gasteiger partial charge on any atom is -0.490 e. The molecule has 1 aliphatic heterocycles. The van der Waals surface area contributed by atoms with E-state index in [1.807, 2.05) is 31.2 Å². The highest BCUT2D eigenvalue weighted by atomic mass is 19.3. The van der Waals surface area contributed by atoms with Crippen LogP contribution in [0.2, 0.25) is 0 Å². The average molecular weight is 398 g/mol. The molecule has 0 unspecified atom stereocenters. The summed E-state index contributed by atoms with van der Waals surface area (Å²) in [5, 5.41) is 7.61. The molecule has 0 saturated carbocycles. The summed E-state index contributed by atoms with van der Waals surface area (Å²) < 4.78 is 37.2. The first kappa shape index (κ1) is 18.9. The van der Waals surface area contributed by atoms with Gasteiger partial charge in [-0.1, -0.05) is 29.8 Å². The molecular formula is C21H20F2N4O2. The highest BCUT2D eigenvalue weighted by molar-refractivity contribution is 5.77. The fourth-order valence-electron chi connectivity index (χ4n) is 3.32. The second kappa shape index (κ2) is 7.90. The number of ether oxygens (including phenoxy) is 2. The Morgan fingerprint density at radius 3 is 2.79 bits per heavy atom. The van der Waals surface area contributed by atoms with E-state index < -0.39 is 6.61 Å². The van der Waals surface area contributed by atoms with Gasteiger partial charge in [-0.25, -0.2) is 4.68 Å². The number of fused-ring (bicyclic) bond motifs is 1. The predicted octanol–water partition coefficient (Wildman–Crippen LogP) is 4.64. The Bertz CT molecular complexity index is 1050. The molecule has 29 heavy (non-hydrogen) atoms. The molecule has 2 heterocycles. The van der Waals surface area contributed by atoms with Crippen molar-refractivity contribution in [2.24, 2.45) is 0 Å². The van der Waals surface area contributed by atoms with Crippen molar-refractivity contribution in [3.63, 3.8) is 0 Å². The quantitative estimate of drug-likeness (QED) is 0.655. The van der Waals surface area contributed by atoms with Gasteiger partial charge in [0.2, 0.25) is 5.95 Å². The van der Waals surface area contributed by atoms with Crippen LogP contribution >= 0.6 is 0 Å². The third-order valence-electron chi connectivity index (χ3n) is 4.56. The maximum atomic E-state index is 12.7. The second-order valence-corrected chi connectivity index (χ2v) is 6.57. The number of allylic oxidation sites excluding steroid dienone is 1. The molecule has 4 rings (SSSR count). The molecule has 0 spiro atoms. The standard InChI is InChI=1S/C21H20F2N4O2/c1-3-28-19-10-15(7-8-18(19)29-20(22)23)17-11-16(14-6-4-5-13(2)9-14)26-21-24-12-25-27(17)21/h4-12,17,20H,3H2,1-2H3,(H,24,25,26)/t17-/m1/s1. The van der Waals surface area contributed by atoms with Crippen LogP contribution in [0, 0.1) is 6.92 Å². The van der Waals surface area contributed by atoms with E-state index in [4.69, 9.17) is 4.74 Å². The van der Waals surface area contributed by atoms with E-state index in [2.05, 4.69) is 26.2 Å². The summed E-state index contributed by atoms with van der Waals surface area (Å²) >= 11 is 0. The Morgan fingerprint density at radius 2 is 2.03 bits per heavy atom. The molecule has 0 saturated heterocycles. The molecule has 8 heteroatoms. The van der Waals surface area contributed by atoms with Crippen molar-refractivity contribution in [3.8, 4) is 11.5 Å². The number of alkyl halides is 2. The van der Waals surface area contributed by atoms with Crippen LogP contribution in [-0.2, 0) is 0 Å². The molecule has 1 atom stereocenters. The molecule has 0 radical (unpaired) electrons. The molecule has 150 valence electrons. The molecule has 2 aromatic carbocycles. The number of hydrogen-bond acceptors (Lipinski definition) is 5. The van der Waals surface area contributed by atoms with Crippen molar-refractivity contribution in [1.82, 2.24) is 14.8 Å². The van der Waals surface area contributed by atoms with E-state index in [1.165, 1.54) is 12.4 Å². The lowest BCUT2D eigenvalue weighted by molar-refractivity contribution is -0.0514. The number of hydrogen-bond donors (Lipinski definition) is 1. The van der Waals surface area contributed by atoms with Gasteiger partial charge in [-0.15, -0.1) is 0 Å². The molecule has 1 aliphatic rings. The maximum Gasteiger partial charge on any atom is 0.387 e. The largest absolute Gasteiger partial charge is 0.490 e. The second-order valence-electron chi connectivity index (χ2n) is 6.57. The first-order valence-corrected chi connectivity index (χ1v) is 9.22. The Morgan fingerprint density at radius 1 is 1.17 bits per heavy atom. The molecular weight excluding hydrogens is 378 g/mol. The van der Waals surface area contributed by atoms with Crippen LogP contribution in [0.3, 0.4) is 0 Å². The number of nitrogens with one attached hydrogen (secondary N) is 1. The van der Waals surface area contributed by atoms with Gasteiger partial charge in [0, 0.05) is 5.70 Å². The smallest absolute Gasteiger partial charge is 0.387 e. The van der Waals surface area contributed by atoms with Gasteiger partial charge in [-0.3, -0.25) is 0 Å². The fraction of sp³-hybridized carbons (Fsp3) is 0.238. The number of anilines is 1. The highest BCUT2D eigenvalue weighted by Gasteiger charge is 2.25. The number of nitrogens with zero attached hydrogens (tertiary/aromatic N) is 3. The molecule has 0 bridgehead atoms.